The second-order valence-corrected chi connectivity index (χ2v) is 8.27. The molecule has 0 spiro atoms. The van der Waals surface area contributed by atoms with Crippen LogP contribution in [-0.4, -0.2) is 39.4 Å². The van der Waals surface area contributed by atoms with Crippen LogP contribution < -0.4 is 10.6 Å². The fourth-order valence-corrected chi connectivity index (χ4v) is 4.64. The van der Waals surface area contributed by atoms with Gasteiger partial charge in [-0.05, 0) is 24.8 Å². The molecule has 2 aliphatic rings. The van der Waals surface area contributed by atoms with Crippen LogP contribution in [0.1, 0.15) is 62.7 Å². The molecule has 1 saturated heterocycles. The Hall–Kier alpha value is -3.23. The highest BCUT2D eigenvalue weighted by atomic mass is 16.5. The number of hydrogen-bond acceptors (Lipinski definition) is 6. The Labute approximate surface area is 180 Å². The highest BCUT2D eigenvalue weighted by Crippen LogP contribution is 2.36. The van der Waals surface area contributed by atoms with Crippen molar-refractivity contribution in [2.75, 3.05) is 6.54 Å². The first-order chi connectivity index (χ1) is 14.9. The second-order valence-electron chi connectivity index (χ2n) is 8.27. The van der Waals surface area contributed by atoms with E-state index in [-0.39, 0.29) is 6.54 Å². The van der Waals surface area contributed by atoms with Gasteiger partial charge in [0.2, 0.25) is 11.8 Å². The van der Waals surface area contributed by atoms with Gasteiger partial charge in [0, 0.05) is 6.92 Å². The zero-order valence-corrected chi connectivity index (χ0v) is 17.8. The topological polar surface area (TPSA) is 117 Å². The van der Waals surface area contributed by atoms with Crippen LogP contribution in [0.15, 0.2) is 34.9 Å². The van der Waals surface area contributed by atoms with E-state index in [1.807, 2.05) is 25.1 Å². The predicted molar refractivity (Wildman–Crippen MR) is 111 cm³/mol. The third-order valence-corrected chi connectivity index (χ3v) is 6.32. The molecule has 4 amide bonds. The molecule has 9 nitrogen and oxygen atoms in total. The molecule has 2 fully saturated rings. The van der Waals surface area contributed by atoms with Crippen molar-refractivity contribution in [2.45, 2.75) is 63.5 Å². The Morgan fingerprint density at radius 3 is 2.52 bits per heavy atom. The van der Waals surface area contributed by atoms with Gasteiger partial charge in [0.1, 0.15) is 17.6 Å². The average Bonchev–Trinajstić information content (AvgIpc) is 3.32. The van der Waals surface area contributed by atoms with Crippen LogP contribution in [0.3, 0.4) is 0 Å². The molecule has 4 rings (SSSR count). The molecule has 0 radical (unpaired) electrons. The van der Waals surface area contributed by atoms with Crippen molar-refractivity contribution in [1.29, 1.82) is 0 Å². The van der Waals surface area contributed by atoms with Gasteiger partial charge in [-0.2, -0.15) is 4.98 Å². The van der Waals surface area contributed by atoms with E-state index in [1.54, 1.807) is 19.1 Å². The maximum atomic E-state index is 13.3. The average molecular weight is 425 g/mol. The summed E-state index contributed by atoms with van der Waals surface area (Å²) < 4.78 is 5.14. The van der Waals surface area contributed by atoms with Crippen LogP contribution in [0, 0.1) is 6.92 Å². The molecule has 164 valence electrons. The Morgan fingerprint density at radius 1 is 1.19 bits per heavy atom. The Balaban J connectivity index is 1.54. The number of nitrogens with one attached hydrogen (secondary N) is 2. The minimum atomic E-state index is -1.16. The van der Waals surface area contributed by atoms with E-state index in [9.17, 15) is 14.4 Å². The fraction of sp³-hybridized carbons (Fsp3) is 0.500. The van der Waals surface area contributed by atoms with Crippen molar-refractivity contribution in [3.63, 3.8) is 0 Å². The monoisotopic (exact) mass is 425 g/mol. The van der Waals surface area contributed by atoms with E-state index in [4.69, 9.17) is 4.52 Å². The molecule has 1 aromatic heterocycles. The fourth-order valence-electron chi connectivity index (χ4n) is 4.64. The van der Waals surface area contributed by atoms with Crippen molar-refractivity contribution in [3.8, 4) is 0 Å². The van der Waals surface area contributed by atoms with Crippen molar-refractivity contribution in [2.24, 2.45) is 0 Å². The maximum Gasteiger partial charge on any atom is 0.325 e. The van der Waals surface area contributed by atoms with Crippen molar-refractivity contribution in [1.82, 2.24) is 25.7 Å². The van der Waals surface area contributed by atoms with Crippen molar-refractivity contribution >= 4 is 17.8 Å². The smallest absolute Gasteiger partial charge is 0.325 e. The van der Waals surface area contributed by atoms with E-state index < -0.39 is 28.9 Å². The molecule has 1 atom stereocenters. The molecule has 1 unspecified atom stereocenters. The van der Waals surface area contributed by atoms with Gasteiger partial charge < -0.3 is 15.2 Å². The molecule has 31 heavy (non-hydrogen) atoms. The largest absolute Gasteiger partial charge is 0.342 e. The van der Waals surface area contributed by atoms with Gasteiger partial charge in [-0.3, -0.25) is 14.5 Å². The van der Waals surface area contributed by atoms with E-state index >= 15 is 0 Å². The van der Waals surface area contributed by atoms with Crippen LogP contribution in [0.5, 0.6) is 0 Å². The van der Waals surface area contributed by atoms with Gasteiger partial charge in [-0.15, -0.1) is 0 Å². The number of aryl methyl sites for hydroxylation is 1. The number of amides is 4. The van der Waals surface area contributed by atoms with Crippen molar-refractivity contribution in [3.05, 3.63) is 47.6 Å². The molecule has 9 heteroatoms. The third-order valence-electron chi connectivity index (χ3n) is 6.32. The maximum absolute atomic E-state index is 13.3. The summed E-state index contributed by atoms with van der Waals surface area (Å²) in [7, 11) is 0. The number of benzene rings is 1. The van der Waals surface area contributed by atoms with Crippen LogP contribution in [0.25, 0.3) is 0 Å². The summed E-state index contributed by atoms with van der Waals surface area (Å²) in [6.07, 6.45) is 4.65. The van der Waals surface area contributed by atoms with Crippen molar-refractivity contribution < 1.29 is 18.9 Å². The van der Waals surface area contributed by atoms with Gasteiger partial charge in [0.05, 0.1) is 0 Å². The lowest BCUT2D eigenvalue weighted by molar-refractivity contribution is -0.136. The summed E-state index contributed by atoms with van der Waals surface area (Å²) in [6.45, 7) is 3.18. The third kappa shape index (κ3) is 3.68. The SMILES string of the molecule is CCC1(c2ccccc2)NC(=O)N(CC(=O)NC2(c3noc(C)n3)CCCCC2)C1=O. The normalized spacial score (nSPS) is 23.0. The Bertz CT molecular complexity index is 983. The number of hydrogen-bond donors (Lipinski definition) is 2. The van der Waals surface area contributed by atoms with Crippen LogP contribution in [-0.2, 0) is 20.7 Å². The Kier molecular flexibility index (Phi) is 5.51. The molecular formula is C22H27N5O4. The minimum absolute atomic E-state index is 0.363. The summed E-state index contributed by atoms with van der Waals surface area (Å²) in [5.41, 5.74) is -1.20. The van der Waals surface area contributed by atoms with E-state index in [2.05, 4.69) is 20.8 Å². The quantitative estimate of drug-likeness (QED) is 0.687. The Morgan fingerprint density at radius 2 is 1.90 bits per heavy atom. The molecule has 2 aromatic rings. The number of carbonyl (C=O) groups excluding carboxylic acids is 3. The second kappa shape index (κ2) is 8.13. The van der Waals surface area contributed by atoms with Gasteiger partial charge in [0.15, 0.2) is 5.82 Å². The van der Waals surface area contributed by atoms with Gasteiger partial charge in [-0.1, -0.05) is 61.7 Å². The molecule has 1 aliphatic carbocycles. The number of aromatic nitrogens is 2. The standard InChI is InChI=1S/C22H27N5O4/c1-3-22(16-10-6-4-7-11-16)19(29)27(20(30)25-22)14-17(28)24-21(12-8-5-9-13-21)18-23-15(2)31-26-18/h4,6-7,10-11H,3,5,8-9,12-14H2,1-2H3,(H,24,28)(H,25,30). The summed E-state index contributed by atoms with van der Waals surface area (Å²) in [6, 6.07) is 8.53. The molecule has 2 N–H and O–H groups in total. The van der Waals surface area contributed by atoms with Crippen LogP contribution >= 0.6 is 0 Å². The summed E-state index contributed by atoms with van der Waals surface area (Å²) in [5, 5.41) is 9.86. The number of nitrogens with zero attached hydrogens (tertiary/aromatic N) is 3. The number of urea groups is 1. The lowest BCUT2D eigenvalue weighted by Crippen LogP contribution is -2.52. The molecule has 1 saturated carbocycles. The van der Waals surface area contributed by atoms with E-state index in [1.165, 1.54) is 0 Å². The zero-order chi connectivity index (χ0) is 22.1. The van der Waals surface area contributed by atoms with Crippen LogP contribution in [0.2, 0.25) is 0 Å². The molecule has 2 heterocycles. The summed E-state index contributed by atoms with van der Waals surface area (Å²) >= 11 is 0. The van der Waals surface area contributed by atoms with Gasteiger partial charge in [0.25, 0.3) is 5.91 Å². The number of rotatable bonds is 6. The molecular weight excluding hydrogens is 398 g/mol. The van der Waals surface area contributed by atoms with E-state index in [0.717, 1.165) is 24.2 Å². The lowest BCUT2D eigenvalue weighted by Gasteiger charge is -2.35. The first-order valence-corrected chi connectivity index (χ1v) is 10.7. The van der Waals surface area contributed by atoms with Gasteiger partial charge >= 0.3 is 6.03 Å². The lowest BCUT2D eigenvalue weighted by atomic mass is 9.81. The number of carbonyl (C=O) groups is 3. The first-order valence-electron chi connectivity index (χ1n) is 10.7. The summed E-state index contributed by atoms with van der Waals surface area (Å²) in [5.74, 6) is 0.0311. The molecule has 1 aliphatic heterocycles. The van der Waals surface area contributed by atoms with E-state index in [0.29, 0.717) is 36.5 Å². The minimum Gasteiger partial charge on any atom is -0.342 e. The van der Waals surface area contributed by atoms with Crippen LogP contribution in [0.4, 0.5) is 4.79 Å². The highest BCUT2D eigenvalue weighted by molar-refractivity contribution is 6.09. The molecule has 1 aromatic carbocycles. The molecule has 0 bridgehead atoms. The highest BCUT2D eigenvalue weighted by Gasteiger charge is 2.52. The zero-order valence-electron chi connectivity index (χ0n) is 17.8. The van der Waals surface area contributed by atoms with Gasteiger partial charge in [-0.25, -0.2) is 4.79 Å². The first kappa shape index (κ1) is 21.0. The number of imide groups is 1. The summed E-state index contributed by atoms with van der Waals surface area (Å²) in [4.78, 5) is 44.3. The predicted octanol–water partition coefficient (Wildman–Crippen LogP) is 2.51.